The molecule has 1 saturated heterocycles. The molecule has 33 heavy (non-hydrogen) atoms. The highest BCUT2D eigenvalue weighted by atomic mass is 35.5. The van der Waals surface area contributed by atoms with Crippen molar-refractivity contribution in [1.82, 2.24) is 5.32 Å². The number of halogens is 2. The number of amides is 1. The number of aromatic carboxylic acids is 1. The second kappa shape index (κ2) is 10.9. The number of carbonyl (C=O) groups excluding carboxylic acids is 1. The van der Waals surface area contributed by atoms with E-state index in [-0.39, 0.29) is 22.9 Å². The monoisotopic (exact) mass is 483 g/mol. The maximum Gasteiger partial charge on any atom is 0.339 e. The number of aliphatic hydroxyl groups is 2. The molecule has 2 aromatic carbocycles. The van der Waals surface area contributed by atoms with Gasteiger partial charge in [0.2, 0.25) is 12.2 Å². The fourth-order valence-electron chi connectivity index (χ4n) is 3.43. The number of benzene rings is 2. The van der Waals surface area contributed by atoms with Crippen LogP contribution in [0, 0.1) is 5.82 Å². The lowest BCUT2D eigenvalue weighted by Crippen LogP contribution is -2.66. The van der Waals surface area contributed by atoms with Gasteiger partial charge in [0.05, 0.1) is 13.2 Å². The van der Waals surface area contributed by atoms with E-state index < -0.39 is 54.9 Å². The predicted octanol–water partition coefficient (Wildman–Crippen LogP) is 1.72. The highest BCUT2D eigenvalue weighted by Crippen LogP contribution is 2.30. The van der Waals surface area contributed by atoms with Crippen molar-refractivity contribution in [3.8, 4) is 5.75 Å². The standard InChI is InChI=1S/C22H23ClFNO8/c1-11(27)25-18-19(28)20(31-10-12-2-5-14(24)6-3-12)17(9-26)33-22(18)32-16-7-4-13(23)8-15(16)21(29)30/h2-8,17-20,22,26,28H,9-10H2,1H3,(H,25,27)(H,29,30). The summed E-state index contributed by atoms with van der Waals surface area (Å²) in [6.45, 7) is 0.631. The number of aliphatic hydroxyl groups excluding tert-OH is 2. The van der Waals surface area contributed by atoms with Crippen LogP contribution in [0.2, 0.25) is 5.02 Å². The van der Waals surface area contributed by atoms with Crippen LogP contribution in [0.1, 0.15) is 22.8 Å². The molecule has 0 radical (unpaired) electrons. The molecular formula is C22H23ClFNO8. The summed E-state index contributed by atoms with van der Waals surface area (Å²) in [6.07, 6.45) is -4.91. The van der Waals surface area contributed by atoms with Crippen molar-refractivity contribution in [2.45, 2.75) is 44.2 Å². The first-order valence-electron chi connectivity index (χ1n) is 9.96. The van der Waals surface area contributed by atoms with E-state index in [1.165, 1.54) is 49.4 Å². The minimum absolute atomic E-state index is 0.0273. The van der Waals surface area contributed by atoms with Gasteiger partial charge in [0.25, 0.3) is 0 Å². The van der Waals surface area contributed by atoms with E-state index in [1.54, 1.807) is 0 Å². The summed E-state index contributed by atoms with van der Waals surface area (Å²) < 4.78 is 30.3. The highest BCUT2D eigenvalue weighted by Gasteiger charge is 2.47. The number of hydrogen-bond acceptors (Lipinski definition) is 7. The van der Waals surface area contributed by atoms with Crippen LogP contribution in [-0.2, 0) is 20.9 Å². The van der Waals surface area contributed by atoms with E-state index in [1.807, 2.05) is 0 Å². The quantitative estimate of drug-likeness (QED) is 0.446. The molecule has 1 fully saturated rings. The molecule has 1 heterocycles. The molecule has 0 aromatic heterocycles. The van der Waals surface area contributed by atoms with Gasteiger partial charge >= 0.3 is 5.97 Å². The zero-order valence-corrected chi connectivity index (χ0v) is 18.2. The van der Waals surface area contributed by atoms with Gasteiger partial charge in [0, 0.05) is 11.9 Å². The first-order chi connectivity index (χ1) is 15.7. The molecule has 5 atom stereocenters. The SMILES string of the molecule is CC(=O)NC1C(Oc2ccc(Cl)cc2C(=O)O)OC(CO)C(OCc2ccc(F)cc2)C1O. The fourth-order valence-corrected chi connectivity index (χ4v) is 3.60. The van der Waals surface area contributed by atoms with Crippen LogP contribution in [0.3, 0.4) is 0 Å². The molecule has 0 aliphatic carbocycles. The number of nitrogens with one attached hydrogen (secondary N) is 1. The van der Waals surface area contributed by atoms with Gasteiger partial charge < -0.3 is 34.8 Å². The van der Waals surface area contributed by atoms with E-state index in [0.29, 0.717) is 5.56 Å². The van der Waals surface area contributed by atoms with Crippen molar-refractivity contribution in [1.29, 1.82) is 0 Å². The normalized spacial score (nSPS) is 24.8. The Morgan fingerprint density at radius 1 is 1.21 bits per heavy atom. The smallest absolute Gasteiger partial charge is 0.339 e. The summed E-state index contributed by atoms with van der Waals surface area (Å²) in [7, 11) is 0. The van der Waals surface area contributed by atoms with Crippen LogP contribution in [0.15, 0.2) is 42.5 Å². The van der Waals surface area contributed by atoms with Crippen LogP contribution >= 0.6 is 11.6 Å². The Hall–Kier alpha value is -2.76. The Kier molecular flexibility index (Phi) is 8.22. The number of carbonyl (C=O) groups is 2. The number of carboxylic acid groups (broad SMARTS) is 1. The molecule has 0 saturated carbocycles. The van der Waals surface area contributed by atoms with Crippen molar-refractivity contribution in [3.05, 3.63) is 64.4 Å². The van der Waals surface area contributed by atoms with Gasteiger partial charge in [-0.05, 0) is 35.9 Å². The molecule has 0 bridgehead atoms. The second-order valence-electron chi connectivity index (χ2n) is 7.41. The topological polar surface area (TPSA) is 135 Å². The summed E-state index contributed by atoms with van der Waals surface area (Å²) in [5, 5.41) is 32.9. The molecular weight excluding hydrogens is 461 g/mol. The van der Waals surface area contributed by atoms with Crippen molar-refractivity contribution in [3.63, 3.8) is 0 Å². The van der Waals surface area contributed by atoms with Gasteiger partial charge in [0.15, 0.2) is 0 Å². The van der Waals surface area contributed by atoms with Gasteiger partial charge in [-0.3, -0.25) is 4.79 Å². The van der Waals surface area contributed by atoms with E-state index in [9.17, 15) is 29.3 Å². The lowest BCUT2D eigenvalue weighted by Gasteiger charge is -2.44. The third-order valence-corrected chi connectivity index (χ3v) is 5.23. The molecule has 178 valence electrons. The van der Waals surface area contributed by atoms with Crippen LogP contribution < -0.4 is 10.1 Å². The summed E-state index contributed by atoms with van der Waals surface area (Å²) in [5.74, 6) is -2.34. The lowest BCUT2D eigenvalue weighted by atomic mass is 9.96. The Balaban J connectivity index is 1.83. The van der Waals surface area contributed by atoms with Crippen LogP contribution in [0.25, 0.3) is 0 Å². The molecule has 2 aromatic rings. The molecule has 1 amide bonds. The summed E-state index contributed by atoms with van der Waals surface area (Å²) in [4.78, 5) is 23.3. The van der Waals surface area contributed by atoms with E-state index in [2.05, 4.69) is 5.32 Å². The van der Waals surface area contributed by atoms with Crippen molar-refractivity contribution in [2.75, 3.05) is 6.61 Å². The number of hydrogen-bond donors (Lipinski definition) is 4. The van der Waals surface area contributed by atoms with Gasteiger partial charge in [-0.2, -0.15) is 0 Å². The highest BCUT2D eigenvalue weighted by molar-refractivity contribution is 6.31. The van der Waals surface area contributed by atoms with E-state index in [4.69, 9.17) is 25.8 Å². The minimum atomic E-state index is -1.40. The predicted molar refractivity (Wildman–Crippen MR) is 113 cm³/mol. The fraction of sp³-hybridized carbons (Fsp3) is 0.364. The molecule has 11 heteroatoms. The Morgan fingerprint density at radius 2 is 1.91 bits per heavy atom. The molecule has 1 aliphatic heterocycles. The average molecular weight is 484 g/mol. The van der Waals surface area contributed by atoms with Gasteiger partial charge in [-0.25, -0.2) is 9.18 Å². The van der Waals surface area contributed by atoms with Gasteiger partial charge in [-0.15, -0.1) is 0 Å². The Morgan fingerprint density at radius 3 is 2.52 bits per heavy atom. The maximum absolute atomic E-state index is 13.1. The third-order valence-electron chi connectivity index (χ3n) is 4.99. The van der Waals surface area contributed by atoms with E-state index >= 15 is 0 Å². The molecule has 4 N–H and O–H groups in total. The van der Waals surface area contributed by atoms with Gasteiger partial charge in [0.1, 0.15) is 41.5 Å². The zero-order valence-electron chi connectivity index (χ0n) is 17.5. The summed E-state index contributed by atoms with van der Waals surface area (Å²) in [6, 6.07) is 8.27. The zero-order chi connectivity index (χ0) is 24.1. The number of carboxylic acids is 1. The second-order valence-corrected chi connectivity index (χ2v) is 7.84. The molecule has 1 aliphatic rings. The first-order valence-corrected chi connectivity index (χ1v) is 10.3. The number of ether oxygens (including phenoxy) is 3. The molecule has 9 nitrogen and oxygen atoms in total. The maximum atomic E-state index is 13.1. The summed E-state index contributed by atoms with van der Waals surface area (Å²) in [5.41, 5.74) is 0.361. The van der Waals surface area contributed by atoms with Gasteiger partial charge in [-0.1, -0.05) is 23.7 Å². The Labute approximate surface area is 193 Å². The minimum Gasteiger partial charge on any atom is -0.478 e. The summed E-state index contributed by atoms with van der Waals surface area (Å²) >= 11 is 5.87. The van der Waals surface area contributed by atoms with Crippen molar-refractivity contribution >= 4 is 23.5 Å². The number of rotatable bonds is 8. The van der Waals surface area contributed by atoms with Crippen LogP contribution in [0.4, 0.5) is 4.39 Å². The van der Waals surface area contributed by atoms with Crippen molar-refractivity contribution in [2.24, 2.45) is 0 Å². The largest absolute Gasteiger partial charge is 0.478 e. The molecule has 5 unspecified atom stereocenters. The van der Waals surface area contributed by atoms with Crippen LogP contribution in [0.5, 0.6) is 5.75 Å². The Bertz CT molecular complexity index is 989. The average Bonchev–Trinajstić information content (AvgIpc) is 2.77. The lowest BCUT2D eigenvalue weighted by molar-refractivity contribution is -0.257. The first kappa shape index (κ1) is 24.9. The van der Waals surface area contributed by atoms with Crippen LogP contribution in [-0.4, -0.2) is 64.4 Å². The van der Waals surface area contributed by atoms with Crippen molar-refractivity contribution < 1.29 is 43.5 Å². The molecule has 3 rings (SSSR count). The third kappa shape index (κ3) is 6.18. The van der Waals surface area contributed by atoms with E-state index in [0.717, 1.165) is 0 Å². The molecule has 0 spiro atoms.